The van der Waals surface area contributed by atoms with Gasteiger partial charge >= 0.3 is 0 Å². The lowest BCUT2D eigenvalue weighted by molar-refractivity contribution is -0.124. The summed E-state index contributed by atoms with van der Waals surface area (Å²) in [6, 6.07) is 0.483. The van der Waals surface area contributed by atoms with Crippen LogP contribution in [0.2, 0.25) is 0 Å². The van der Waals surface area contributed by atoms with E-state index in [1.807, 2.05) is 13.8 Å². The summed E-state index contributed by atoms with van der Waals surface area (Å²) in [5, 5.41) is 12.5. The maximum atomic E-state index is 11.5. The first-order chi connectivity index (χ1) is 7.98. The van der Waals surface area contributed by atoms with Crippen molar-refractivity contribution in [3.8, 4) is 0 Å². The van der Waals surface area contributed by atoms with Crippen molar-refractivity contribution in [1.82, 2.24) is 5.32 Å². The second-order valence-electron chi connectivity index (χ2n) is 5.08. The van der Waals surface area contributed by atoms with Crippen LogP contribution >= 0.6 is 11.8 Å². The lowest BCUT2D eigenvalue weighted by Crippen LogP contribution is -2.54. The molecule has 1 fully saturated rings. The Kier molecular flexibility index (Phi) is 5.76. The summed E-state index contributed by atoms with van der Waals surface area (Å²) in [5.41, 5.74) is 4.90. The van der Waals surface area contributed by atoms with E-state index in [2.05, 4.69) is 5.32 Å². The molecule has 1 saturated carbocycles. The molecule has 1 aliphatic rings. The van der Waals surface area contributed by atoms with Crippen LogP contribution in [0.15, 0.2) is 0 Å². The first-order valence-electron chi connectivity index (χ1n) is 6.28. The first-order valence-corrected chi connectivity index (χ1v) is 7.33. The maximum Gasteiger partial charge on any atom is 0.237 e. The Hall–Kier alpha value is -0.260. The smallest absolute Gasteiger partial charge is 0.237 e. The number of thioether (sulfide) groups is 1. The average Bonchev–Trinajstić information content (AvgIpc) is 3.07. The molecule has 0 bridgehead atoms. The van der Waals surface area contributed by atoms with E-state index in [1.54, 1.807) is 11.8 Å². The molecule has 4 nitrogen and oxygen atoms in total. The van der Waals surface area contributed by atoms with Crippen LogP contribution in [0.1, 0.15) is 39.5 Å². The summed E-state index contributed by atoms with van der Waals surface area (Å²) in [6.45, 7) is 4.10. The summed E-state index contributed by atoms with van der Waals surface area (Å²) in [5.74, 6) is 0.696. The number of amides is 1. The minimum atomic E-state index is -0.565. The third kappa shape index (κ3) is 5.27. The van der Waals surface area contributed by atoms with Crippen molar-refractivity contribution in [2.45, 2.75) is 56.4 Å². The van der Waals surface area contributed by atoms with E-state index in [1.165, 1.54) is 0 Å². The van der Waals surface area contributed by atoms with Gasteiger partial charge in [0.1, 0.15) is 0 Å². The zero-order valence-electron chi connectivity index (χ0n) is 10.7. The Morgan fingerprint density at radius 3 is 2.76 bits per heavy atom. The Labute approximate surface area is 108 Å². The number of carbonyl (C=O) groups is 1. The molecular weight excluding hydrogens is 236 g/mol. The fourth-order valence-corrected chi connectivity index (χ4v) is 2.53. The average molecular weight is 260 g/mol. The van der Waals surface area contributed by atoms with Crippen LogP contribution in [0.3, 0.4) is 0 Å². The molecule has 100 valence electrons. The third-order valence-electron chi connectivity index (χ3n) is 3.12. The van der Waals surface area contributed by atoms with Crippen LogP contribution in [0.25, 0.3) is 0 Å². The minimum Gasteiger partial charge on any atom is -0.395 e. The molecular formula is C12H24N2O2S. The molecule has 0 aromatic carbocycles. The predicted octanol–water partition coefficient (Wildman–Crippen LogP) is 0.877. The van der Waals surface area contributed by atoms with Crippen molar-refractivity contribution < 1.29 is 9.90 Å². The highest BCUT2D eigenvalue weighted by atomic mass is 32.2. The van der Waals surface area contributed by atoms with Gasteiger partial charge in [-0.15, -0.1) is 0 Å². The molecule has 2 unspecified atom stereocenters. The van der Waals surface area contributed by atoms with Gasteiger partial charge < -0.3 is 16.2 Å². The van der Waals surface area contributed by atoms with Gasteiger partial charge in [0.05, 0.1) is 12.1 Å². The van der Waals surface area contributed by atoms with Gasteiger partial charge in [0.2, 0.25) is 5.91 Å². The zero-order valence-corrected chi connectivity index (χ0v) is 11.6. The van der Waals surface area contributed by atoms with Crippen LogP contribution < -0.4 is 11.1 Å². The van der Waals surface area contributed by atoms with Gasteiger partial charge in [0.25, 0.3) is 0 Å². The zero-order chi connectivity index (χ0) is 12.9. The van der Waals surface area contributed by atoms with Crippen molar-refractivity contribution in [3.05, 3.63) is 0 Å². The number of primary amides is 1. The van der Waals surface area contributed by atoms with Crippen molar-refractivity contribution in [1.29, 1.82) is 0 Å². The van der Waals surface area contributed by atoms with Crippen molar-refractivity contribution in [2.24, 2.45) is 5.73 Å². The van der Waals surface area contributed by atoms with Gasteiger partial charge in [-0.25, -0.2) is 0 Å². The number of hydrogen-bond acceptors (Lipinski definition) is 4. The Morgan fingerprint density at radius 1 is 1.65 bits per heavy atom. The van der Waals surface area contributed by atoms with Gasteiger partial charge in [-0.05, 0) is 38.4 Å². The Bertz CT molecular complexity index is 259. The third-order valence-corrected chi connectivity index (χ3v) is 4.37. The molecule has 0 saturated heterocycles. The molecule has 5 heteroatoms. The second kappa shape index (κ2) is 6.61. The minimum absolute atomic E-state index is 0.206. The molecule has 0 heterocycles. The lowest BCUT2D eigenvalue weighted by Gasteiger charge is -2.27. The van der Waals surface area contributed by atoms with E-state index in [-0.39, 0.29) is 17.8 Å². The van der Waals surface area contributed by atoms with Gasteiger partial charge in [0, 0.05) is 11.3 Å². The van der Waals surface area contributed by atoms with Crippen LogP contribution in [0.5, 0.6) is 0 Å². The highest BCUT2D eigenvalue weighted by Gasteiger charge is 2.36. The number of carbonyl (C=O) groups excluding carboxylic acids is 1. The molecule has 2 atom stereocenters. The number of aliphatic hydroxyl groups is 1. The fourth-order valence-electron chi connectivity index (χ4n) is 1.71. The molecule has 1 amide bonds. The first kappa shape index (κ1) is 14.8. The van der Waals surface area contributed by atoms with Gasteiger partial charge in [-0.3, -0.25) is 4.79 Å². The summed E-state index contributed by atoms with van der Waals surface area (Å²) in [6.07, 6.45) is 4.01. The van der Waals surface area contributed by atoms with Crippen molar-refractivity contribution >= 4 is 17.7 Å². The summed E-state index contributed by atoms with van der Waals surface area (Å²) < 4.78 is 0. The normalized spacial score (nSPS) is 20.9. The van der Waals surface area contributed by atoms with Crippen molar-refractivity contribution in [3.63, 3.8) is 0 Å². The standard InChI is InChI=1S/C12H24N2O2S/c1-9(8-15)17-7-3-6-12(2,11(13)16)14-10-4-5-10/h9-10,14-15H,3-8H2,1-2H3,(H2,13,16). The van der Waals surface area contributed by atoms with Gasteiger partial charge in [-0.2, -0.15) is 11.8 Å². The molecule has 0 aromatic heterocycles. The molecule has 0 spiro atoms. The Morgan fingerprint density at radius 2 is 2.29 bits per heavy atom. The molecule has 4 N–H and O–H groups in total. The van der Waals surface area contributed by atoms with E-state index >= 15 is 0 Å². The molecule has 0 aromatic rings. The van der Waals surface area contributed by atoms with Crippen LogP contribution in [0.4, 0.5) is 0 Å². The SMILES string of the molecule is CC(CO)SCCCC(C)(NC1CC1)C(N)=O. The topological polar surface area (TPSA) is 75.3 Å². The maximum absolute atomic E-state index is 11.5. The van der Waals surface area contributed by atoms with Crippen molar-refractivity contribution in [2.75, 3.05) is 12.4 Å². The van der Waals surface area contributed by atoms with Crippen LogP contribution in [0, 0.1) is 0 Å². The highest BCUT2D eigenvalue weighted by Crippen LogP contribution is 2.25. The molecule has 0 aliphatic heterocycles. The van der Waals surface area contributed by atoms with Crippen LogP contribution in [-0.2, 0) is 4.79 Å². The molecule has 0 radical (unpaired) electrons. The molecule has 17 heavy (non-hydrogen) atoms. The van der Waals surface area contributed by atoms with E-state index in [0.29, 0.717) is 6.04 Å². The van der Waals surface area contributed by atoms with E-state index < -0.39 is 5.54 Å². The number of rotatable bonds is 9. The molecule has 1 aliphatic carbocycles. The highest BCUT2D eigenvalue weighted by molar-refractivity contribution is 7.99. The summed E-state index contributed by atoms with van der Waals surface area (Å²) in [4.78, 5) is 11.5. The second-order valence-corrected chi connectivity index (χ2v) is 6.63. The van der Waals surface area contributed by atoms with E-state index in [0.717, 1.165) is 31.4 Å². The number of hydrogen-bond donors (Lipinski definition) is 3. The van der Waals surface area contributed by atoms with E-state index in [4.69, 9.17) is 10.8 Å². The van der Waals surface area contributed by atoms with Crippen LogP contribution in [-0.4, -0.2) is 40.2 Å². The quantitative estimate of drug-likeness (QED) is 0.538. The predicted molar refractivity (Wildman–Crippen MR) is 72.0 cm³/mol. The van der Waals surface area contributed by atoms with E-state index in [9.17, 15) is 4.79 Å². The molecule has 1 rings (SSSR count). The lowest BCUT2D eigenvalue weighted by atomic mass is 9.95. The van der Waals surface area contributed by atoms with Gasteiger partial charge in [-0.1, -0.05) is 6.92 Å². The Balaban J connectivity index is 2.26. The number of aliphatic hydroxyl groups excluding tert-OH is 1. The summed E-state index contributed by atoms with van der Waals surface area (Å²) >= 11 is 1.73. The largest absolute Gasteiger partial charge is 0.395 e. The fraction of sp³-hybridized carbons (Fsp3) is 0.917. The summed E-state index contributed by atoms with van der Waals surface area (Å²) in [7, 11) is 0. The van der Waals surface area contributed by atoms with Gasteiger partial charge in [0.15, 0.2) is 0 Å². The monoisotopic (exact) mass is 260 g/mol. The number of nitrogens with two attached hydrogens (primary N) is 1. The number of nitrogens with one attached hydrogen (secondary N) is 1.